The van der Waals surface area contributed by atoms with E-state index in [4.69, 9.17) is 10.6 Å². The van der Waals surface area contributed by atoms with Crippen molar-refractivity contribution in [3.63, 3.8) is 0 Å². The molecule has 0 saturated heterocycles. The van der Waals surface area contributed by atoms with Crippen LogP contribution in [0.2, 0.25) is 0 Å². The number of oxime groups is 1. The minimum absolute atomic E-state index is 0.183. The Balaban J connectivity index is 1.55. The van der Waals surface area contributed by atoms with E-state index in [1.165, 1.54) is 0 Å². The Morgan fingerprint density at radius 1 is 0.938 bits per heavy atom. The van der Waals surface area contributed by atoms with E-state index in [1.807, 2.05) is 67.6 Å². The molecule has 0 radical (unpaired) electrons. The number of carbonyl (C=O) groups excluding carboxylic acids is 2. The Kier molecular flexibility index (Phi) is 7.97. The van der Waals surface area contributed by atoms with E-state index in [0.717, 1.165) is 11.1 Å². The highest BCUT2D eigenvalue weighted by molar-refractivity contribution is 6.04. The summed E-state index contributed by atoms with van der Waals surface area (Å²) in [5, 5.41) is 9.43. The summed E-state index contributed by atoms with van der Waals surface area (Å²) in [5.74, 6) is -0.473. The van der Waals surface area contributed by atoms with Crippen LogP contribution >= 0.6 is 0 Å². The van der Waals surface area contributed by atoms with Gasteiger partial charge < -0.3 is 21.2 Å². The van der Waals surface area contributed by atoms with E-state index in [9.17, 15) is 9.59 Å². The average Bonchev–Trinajstić information content (AvgIpc) is 2.80. The van der Waals surface area contributed by atoms with E-state index >= 15 is 0 Å². The summed E-state index contributed by atoms with van der Waals surface area (Å²) >= 11 is 0. The molecule has 0 fully saturated rings. The number of para-hydroxylation sites is 1. The number of amides is 2. The van der Waals surface area contributed by atoms with Crippen molar-refractivity contribution in [1.82, 2.24) is 5.32 Å². The van der Waals surface area contributed by atoms with Gasteiger partial charge in [-0.2, -0.15) is 0 Å². The van der Waals surface area contributed by atoms with Crippen LogP contribution in [0.1, 0.15) is 34.5 Å². The number of amidine groups is 1. The molecular formula is C25H26N4O3. The summed E-state index contributed by atoms with van der Waals surface area (Å²) in [7, 11) is 0. The van der Waals surface area contributed by atoms with E-state index in [1.54, 1.807) is 24.3 Å². The standard InChI is InChI=1S/C25H26N4O3/c1-18(20-12-6-3-7-13-20)27-25(31)21-14-8-9-15-22(21)28-24(30)17-32-29-23(26)16-19-10-4-2-5-11-19/h2-15,18H,16-17H2,1H3,(H2,26,29)(H,27,31)(H,28,30). The first-order valence-corrected chi connectivity index (χ1v) is 10.3. The molecule has 0 bridgehead atoms. The number of anilines is 1. The first-order chi connectivity index (χ1) is 15.5. The zero-order valence-corrected chi connectivity index (χ0v) is 17.8. The molecule has 0 aliphatic carbocycles. The molecule has 0 aromatic heterocycles. The zero-order valence-electron chi connectivity index (χ0n) is 17.8. The number of hydrogen-bond acceptors (Lipinski definition) is 4. The molecule has 4 N–H and O–H groups in total. The van der Waals surface area contributed by atoms with E-state index in [-0.39, 0.29) is 24.4 Å². The lowest BCUT2D eigenvalue weighted by atomic mass is 10.1. The number of nitrogens with one attached hydrogen (secondary N) is 2. The van der Waals surface area contributed by atoms with Crippen molar-refractivity contribution in [2.75, 3.05) is 11.9 Å². The third-order valence-corrected chi connectivity index (χ3v) is 4.70. The van der Waals surface area contributed by atoms with Crippen molar-refractivity contribution in [1.29, 1.82) is 0 Å². The van der Waals surface area contributed by atoms with Crippen molar-refractivity contribution in [2.24, 2.45) is 10.9 Å². The smallest absolute Gasteiger partial charge is 0.265 e. The highest BCUT2D eigenvalue weighted by Gasteiger charge is 2.16. The Labute approximate surface area is 187 Å². The quantitative estimate of drug-likeness (QED) is 0.274. The number of rotatable bonds is 9. The second-order valence-corrected chi connectivity index (χ2v) is 7.22. The number of carbonyl (C=O) groups is 2. The third kappa shape index (κ3) is 6.70. The molecule has 164 valence electrons. The highest BCUT2D eigenvalue weighted by Crippen LogP contribution is 2.18. The number of benzene rings is 3. The fourth-order valence-electron chi connectivity index (χ4n) is 3.09. The van der Waals surface area contributed by atoms with Crippen LogP contribution in [-0.4, -0.2) is 24.3 Å². The fourth-order valence-corrected chi connectivity index (χ4v) is 3.09. The van der Waals surface area contributed by atoms with Gasteiger partial charge in [0.25, 0.3) is 11.8 Å². The van der Waals surface area contributed by atoms with Crippen molar-refractivity contribution in [2.45, 2.75) is 19.4 Å². The zero-order chi connectivity index (χ0) is 22.8. The molecule has 7 heteroatoms. The Bertz CT molecular complexity index is 1070. The van der Waals surface area contributed by atoms with Crippen molar-refractivity contribution in [3.05, 3.63) is 102 Å². The van der Waals surface area contributed by atoms with Crippen LogP contribution in [0.15, 0.2) is 90.1 Å². The van der Waals surface area contributed by atoms with Gasteiger partial charge in [0.05, 0.1) is 17.3 Å². The van der Waals surface area contributed by atoms with Gasteiger partial charge in [0.2, 0.25) is 0 Å². The van der Waals surface area contributed by atoms with Crippen LogP contribution < -0.4 is 16.4 Å². The molecule has 0 heterocycles. The van der Waals surface area contributed by atoms with E-state index < -0.39 is 5.91 Å². The Hall–Kier alpha value is -4.13. The van der Waals surface area contributed by atoms with Crippen LogP contribution in [0.5, 0.6) is 0 Å². The first-order valence-electron chi connectivity index (χ1n) is 10.3. The summed E-state index contributed by atoms with van der Waals surface area (Å²) in [5.41, 5.74) is 8.57. The molecule has 0 aliphatic heterocycles. The lowest BCUT2D eigenvalue weighted by Gasteiger charge is -2.16. The molecule has 1 unspecified atom stereocenters. The van der Waals surface area contributed by atoms with E-state index in [0.29, 0.717) is 17.7 Å². The van der Waals surface area contributed by atoms with Crippen LogP contribution in [0, 0.1) is 0 Å². The summed E-state index contributed by atoms with van der Waals surface area (Å²) in [6.07, 6.45) is 0.422. The second-order valence-electron chi connectivity index (χ2n) is 7.22. The maximum absolute atomic E-state index is 12.8. The minimum atomic E-state index is -0.447. The van der Waals surface area contributed by atoms with Crippen LogP contribution in [-0.2, 0) is 16.1 Å². The first kappa shape index (κ1) is 22.6. The normalized spacial score (nSPS) is 12.0. The van der Waals surface area contributed by atoms with Crippen molar-refractivity contribution in [3.8, 4) is 0 Å². The summed E-state index contributed by atoms with van der Waals surface area (Å²) in [6, 6.07) is 25.8. The molecule has 0 saturated carbocycles. The van der Waals surface area contributed by atoms with Gasteiger partial charge in [0, 0.05) is 6.42 Å². The van der Waals surface area contributed by atoms with Gasteiger partial charge in [-0.05, 0) is 30.2 Å². The van der Waals surface area contributed by atoms with E-state index in [2.05, 4.69) is 15.8 Å². The minimum Gasteiger partial charge on any atom is -0.384 e. The van der Waals surface area contributed by atoms with Gasteiger partial charge in [-0.15, -0.1) is 0 Å². The molecule has 3 rings (SSSR count). The Morgan fingerprint density at radius 3 is 2.28 bits per heavy atom. The van der Waals surface area contributed by atoms with Crippen LogP contribution in [0.25, 0.3) is 0 Å². The molecule has 7 nitrogen and oxygen atoms in total. The van der Waals surface area contributed by atoms with Crippen LogP contribution in [0.3, 0.4) is 0 Å². The molecule has 0 spiro atoms. The van der Waals surface area contributed by atoms with Crippen molar-refractivity contribution < 1.29 is 14.4 Å². The monoisotopic (exact) mass is 430 g/mol. The molecule has 3 aromatic rings. The van der Waals surface area contributed by atoms with Crippen molar-refractivity contribution >= 4 is 23.3 Å². The number of hydrogen-bond donors (Lipinski definition) is 3. The second kappa shape index (κ2) is 11.3. The molecule has 3 aromatic carbocycles. The molecule has 0 aliphatic rings. The van der Waals surface area contributed by atoms with Crippen LogP contribution in [0.4, 0.5) is 5.69 Å². The van der Waals surface area contributed by atoms with Gasteiger partial charge in [-0.1, -0.05) is 78.0 Å². The van der Waals surface area contributed by atoms with Gasteiger partial charge in [-0.25, -0.2) is 0 Å². The lowest BCUT2D eigenvalue weighted by Crippen LogP contribution is -2.28. The summed E-state index contributed by atoms with van der Waals surface area (Å²) in [6.45, 7) is 1.58. The topological polar surface area (TPSA) is 106 Å². The number of nitrogens with two attached hydrogens (primary N) is 1. The largest absolute Gasteiger partial charge is 0.384 e. The maximum Gasteiger partial charge on any atom is 0.265 e. The molecule has 2 amide bonds. The van der Waals surface area contributed by atoms with Gasteiger partial charge in [-0.3, -0.25) is 9.59 Å². The SMILES string of the molecule is CC(NC(=O)c1ccccc1NC(=O)CO/N=C(/N)Cc1ccccc1)c1ccccc1. The van der Waals surface area contributed by atoms with Gasteiger partial charge in [0.15, 0.2) is 6.61 Å². The third-order valence-electron chi connectivity index (χ3n) is 4.70. The average molecular weight is 431 g/mol. The summed E-state index contributed by atoms with van der Waals surface area (Å²) in [4.78, 5) is 30.1. The highest BCUT2D eigenvalue weighted by atomic mass is 16.6. The lowest BCUT2D eigenvalue weighted by molar-refractivity contribution is -0.120. The van der Waals surface area contributed by atoms with Gasteiger partial charge in [0.1, 0.15) is 5.84 Å². The molecule has 32 heavy (non-hydrogen) atoms. The maximum atomic E-state index is 12.8. The van der Waals surface area contributed by atoms with Gasteiger partial charge >= 0.3 is 0 Å². The molecular weight excluding hydrogens is 404 g/mol. The number of nitrogens with zero attached hydrogens (tertiary/aromatic N) is 1. The predicted octanol–water partition coefficient (Wildman–Crippen LogP) is 3.65. The molecule has 1 atom stereocenters. The Morgan fingerprint density at radius 2 is 1.56 bits per heavy atom. The summed E-state index contributed by atoms with van der Waals surface area (Å²) < 4.78 is 0. The predicted molar refractivity (Wildman–Crippen MR) is 125 cm³/mol. The fraction of sp³-hybridized carbons (Fsp3) is 0.160.